The minimum Gasteiger partial charge on any atom is -0.367 e. The highest BCUT2D eigenvalue weighted by Crippen LogP contribution is 2.44. The van der Waals surface area contributed by atoms with Crippen molar-refractivity contribution in [3.63, 3.8) is 0 Å². The summed E-state index contributed by atoms with van der Waals surface area (Å²) in [7, 11) is 0. The first-order valence-electron chi connectivity index (χ1n) is 11.5. The fourth-order valence-corrected chi connectivity index (χ4v) is 5.07. The molecule has 34 heavy (non-hydrogen) atoms. The Hall–Kier alpha value is -3.44. The predicted octanol–water partition coefficient (Wildman–Crippen LogP) is 4.16. The third-order valence-corrected chi connectivity index (χ3v) is 6.94. The number of amides is 2. The first kappa shape index (κ1) is 25.2. The number of nitrogens with one attached hydrogen (secondary N) is 1. The molecule has 0 bridgehead atoms. The molecule has 0 aromatic heterocycles. The minimum absolute atomic E-state index is 0.223. The fraction of sp³-hybridized carbons (Fsp3) is 0.250. The lowest BCUT2D eigenvalue weighted by molar-refractivity contribution is -0.126. The monoisotopic (exact) mass is 473 g/mol. The summed E-state index contributed by atoms with van der Waals surface area (Å²) in [5.74, 6) is -0.871. The van der Waals surface area contributed by atoms with E-state index in [4.69, 9.17) is 11.5 Å². The van der Waals surface area contributed by atoms with Crippen LogP contribution < -0.4 is 16.8 Å². The van der Waals surface area contributed by atoms with Crippen LogP contribution in [0.5, 0.6) is 0 Å². The van der Waals surface area contributed by atoms with Crippen LogP contribution in [0.3, 0.4) is 0 Å². The van der Waals surface area contributed by atoms with Gasteiger partial charge in [-0.3, -0.25) is 9.59 Å². The Kier molecular flexibility index (Phi) is 9.41. The van der Waals surface area contributed by atoms with Gasteiger partial charge in [-0.15, -0.1) is 11.2 Å². The zero-order chi connectivity index (χ0) is 24.2. The van der Waals surface area contributed by atoms with Crippen molar-refractivity contribution in [2.75, 3.05) is 6.54 Å². The van der Waals surface area contributed by atoms with Crippen LogP contribution >= 0.6 is 11.2 Å². The van der Waals surface area contributed by atoms with Crippen molar-refractivity contribution in [3.05, 3.63) is 108 Å². The Balaban J connectivity index is 2.06. The SMILES string of the molecule is NCCCCCC(=O)NC(C#SC(c1ccccc1)(c1ccccc1)c1ccccc1)C(N)=O. The van der Waals surface area contributed by atoms with Gasteiger partial charge in [0.25, 0.3) is 5.91 Å². The van der Waals surface area contributed by atoms with Crippen molar-refractivity contribution in [1.82, 2.24) is 5.32 Å². The molecule has 5 N–H and O–H groups in total. The number of hydrogen-bond acceptors (Lipinski definition) is 3. The number of hydrogen-bond donors (Lipinski definition) is 3. The van der Waals surface area contributed by atoms with Gasteiger partial charge in [0.1, 0.15) is 4.75 Å². The lowest BCUT2D eigenvalue weighted by atomic mass is 9.84. The first-order valence-corrected chi connectivity index (χ1v) is 12.3. The second-order valence-corrected chi connectivity index (χ2v) is 9.05. The second kappa shape index (κ2) is 12.7. The Morgan fingerprint density at radius 3 is 1.68 bits per heavy atom. The minimum atomic E-state index is -1.03. The molecular weight excluding hydrogens is 442 g/mol. The van der Waals surface area contributed by atoms with E-state index in [9.17, 15) is 9.59 Å². The van der Waals surface area contributed by atoms with Gasteiger partial charge in [-0.05, 0) is 36.1 Å². The number of benzene rings is 3. The van der Waals surface area contributed by atoms with Crippen molar-refractivity contribution in [2.45, 2.75) is 36.5 Å². The Morgan fingerprint density at radius 2 is 1.26 bits per heavy atom. The lowest BCUT2D eigenvalue weighted by Crippen LogP contribution is -2.43. The van der Waals surface area contributed by atoms with Crippen molar-refractivity contribution < 1.29 is 9.59 Å². The van der Waals surface area contributed by atoms with Crippen molar-refractivity contribution in [2.24, 2.45) is 11.5 Å². The van der Waals surface area contributed by atoms with E-state index in [0.29, 0.717) is 19.4 Å². The molecule has 6 heteroatoms. The fourth-order valence-electron chi connectivity index (χ4n) is 3.84. The van der Waals surface area contributed by atoms with E-state index in [-0.39, 0.29) is 5.91 Å². The molecule has 3 aromatic rings. The van der Waals surface area contributed by atoms with Crippen LogP contribution in [-0.4, -0.2) is 24.4 Å². The summed E-state index contributed by atoms with van der Waals surface area (Å²) in [5.41, 5.74) is 14.3. The highest BCUT2D eigenvalue weighted by atomic mass is 32.1. The van der Waals surface area contributed by atoms with Gasteiger partial charge < -0.3 is 16.8 Å². The van der Waals surface area contributed by atoms with Crippen molar-refractivity contribution >= 4 is 23.0 Å². The van der Waals surface area contributed by atoms with Gasteiger partial charge in [0.15, 0.2) is 6.04 Å². The zero-order valence-corrected chi connectivity index (χ0v) is 20.0. The van der Waals surface area contributed by atoms with Crippen molar-refractivity contribution in [1.29, 1.82) is 0 Å². The van der Waals surface area contributed by atoms with Gasteiger partial charge in [-0.25, -0.2) is 0 Å². The third kappa shape index (κ3) is 6.33. The van der Waals surface area contributed by atoms with E-state index < -0.39 is 16.7 Å². The first-order chi connectivity index (χ1) is 16.6. The van der Waals surface area contributed by atoms with Gasteiger partial charge in [-0.2, -0.15) is 0 Å². The maximum absolute atomic E-state index is 12.5. The zero-order valence-electron chi connectivity index (χ0n) is 19.2. The summed E-state index contributed by atoms with van der Waals surface area (Å²) in [4.78, 5) is 24.7. The molecule has 3 rings (SSSR count). The molecule has 1 unspecified atom stereocenters. The van der Waals surface area contributed by atoms with E-state index in [1.54, 1.807) is 0 Å². The molecule has 1 atom stereocenters. The van der Waals surface area contributed by atoms with Gasteiger partial charge >= 0.3 is 0 Å². The van der Waals surface area contributed by atoms with Gasteiger partial charge in [0.2, 0.25) is 5.91 Å². The molecule has 3 aromatic carbocycles. The van der Waals surface area contributed by atoms with Crippen LogP contribution in [0.15, 0.2) is 91.0 Å². The summed E-state index contributed by atoms with van der Waals surface area (Å²) in [6, 6.07) is 29.2. The van der Waals surface area contributed by atoms with Gasteiger partial charge in [0.05, 0.1) is 0 Å². The Bertz CT molecular complexity index is 1030. The smallest absolute Gasteiger partial charge is 0.252 e. The summed E-state index contributed by atoms with van der Waals surface area (Å²) < 4.78 is -0.691. The Labute approximate surface area is 205 Å². The van der Waals surface area contributed by atoms with E-state index >= 15 is 0 Å². The van der Waals surface area contributed by atoms with E-state index in [2.05, 4.69) is 46.9 Å². The molecule has 0 aliphatic rings. The lowest BCUT2D eigenvalue weighted by Gasteiger charge is -2.31. The standard InChI is InChI=1S/C28H31N3O2S/c29-20-12-4-11-19-26(32)31-25(27(30)33)21-34-28(22-13-5-1-6-14-22,23-15-7-2-8-16-23)24-17-9-3-10-18-24/h1-3,5-10,13-18,25H,4,11-12,19-20,29H2,(H2,30,33)(H,31,32). The van der Waals surface area contributed by atoms with Crippen molar-refractivity contribution in [3.8, 4) is 5.18 Å². The van der Waals surface area contributed by atoms with Crippen LogP contribution in [0.2, 0.25) is 0 Å². The van der Waals surface area contributed by atoms with E-state index in [0.717, 1.165) is 29.5 Å². The van der Waals surface area contributed by atoms with E-state index in [1.807, 2.05) is 54.6 Å². The quantitative estimate of drug-likeness (QED) is 0.305. The molecule has 0 spiro atoms. The summed E-state index contributed by atoms with van der Waals surface area (Å²) in [5, 5.41) is 5.92. The topological polar surface area (TPSA) is 98.2 Å². The van der Waals surface area contributed by atoms with Crippen LogP contribution in [-0.2, 0) is 14.3 Å². The second-order valence-electron chi connectivity index (χ2n) is 8.00. The molecule has 5 nitrogen and oxygen atoms in total. The number of unbranched alkanes of at least 4 members (excludes halogenated alkanes) is 2. The maximum atomic E-state index is 12.5. The number of nitrogens with two attached hydrogens (primary N) is 2. The molecule has 0 aliphatic carbocycles. The molecule has 2 amide bonds. The average molecular weight is 474 g/mol. The summed E-state index contributed by atoms with van der Waals surface area (Å²) >= 11 is 1.36. The molecule has 0 heterocycles. The largest absolute Gasteiger partial charge is 0.367 e. The normalized spacial score (nSPS) is 11.8. The van der Waals surface area contributed by atoms with Gasteiger partial charge in [-0.1, -0.05) is 103 Å². The van der Waals surface area contributed by atoms with Gasteiger partial charge in [0, 0.05) is 6.42 Å². The number of carbonyl (C=O) groups is 2. The van der Waals surface area contributed by atoms with E-state index in [1.165, 1.54) is 11.2 Å². The summed E-state index contributed by atoms with van der Waals surface area (Å²) in [6.07, 6.45) is 2.77. The number of primary amides is 1. The molecular formula is C28H31N3O2S. The summed E-state index contributed by atoms with van der Waals surface area (Å²) in [6.45, 7) is 0.601. The highest BCUT2D eigenvalue weighted by molar-refractivity contribution is 7.90. The molecule has 0 fully saturated rings. The third-order valence-electron chi connectivity index (χ3n) is 5.57. The highest BCUT2D eigenvalue weighted by Gasteiger charge is 2.35. The van der Waals surface area contributed by atoms with Crippen LogP contribution in [0.25, 0.3) is 0 Å². The maximum Gasteiger partial charge on any atom is 0.252 e. The molecule has 0 saturated heterocycles. The van der Waals surface area contributed by atoms with Crippen LogP contribution in [0.4, 0.5) is 0 Å². The number of carbonyl (C=O) groups excluding carboxylic acids is 2. The molecule has 0 radical (unpaired) electrons. The molecule has 176 valence electrons. The van der Waals surface area contributed by atoms with Crippen LogP contribution in [0, 0.1) is 5.18 Å². The van der Waals surface area contributed by atoms with Crippen LogP contribution in [0.1, 0.15) is 42.4 Å². The molecule has 0 aliphatic heterocycles. The number of rotatable bonds is 10. The Morgan fingerprint density at radius 1 is 0.794 bits per heavy atom. The average Bonchev–Trinajstić information content (AvgIpc) is 2.88. The predicted molar refractivity (Wildman–Crippen MR) is 139 cm³/mol. The molecule has 0 saturated carbocycles.